The van der Waals surface area contributed by atoms with Gasteiger partial charge in [-0.3, -0.25) is 4.79 Å². The van der Waals surface area contributed by atoms with Gasteiger partial charge in [0.2, 0.25) is 5.91 Å². The highest BCUT2D eigenvalue weighted by atomic mass is 79.9. The third-order valence-electron chi connectivity index (χ3n) is 2.88. The molecule has 0 bridgehead atoms. The molecule has 1 unspecified atom stereocenters. The maximum absolute atomic E-state index is 11.6. The number of nitrogens with one attached hydrogen (secondary N) is 1. The van der Waals surface area contributed by atoms with Gasteiger partial charge in [-0.25, -0.2) is 0 Å². The molecule has 0 aliphatic heterocycles. The van der Waals surface area contributed by atoms with Crippen molar-refractivity contribution in [3.8, 4) is 0 Å². The third-order valence-corrected chi connectivity index (χ3v) is 3.67. The smallest absolute Gasteiger partial charge is 0.240 e. The maximum atomic E-state index is 11.6. The fraction of sp³-hybridized carbons (Fsp3) is 0.333. The number of amides is 1. The molecule has 1 atom stereocenters. The Bertz CT molecular complexity index is 659. The number of primary amides is 1. The van der Waals surface area contributed by atoms with Crippen LogP contribution in [0.1, 0.15) is 19.9 Å². The summed E-state index contributed by atoms with van der Waals surface area (Å²) in [6.07, 6.45) is 0. The van der Waals surface area contributed by atoms with Gasteiger partial charge in [-0.2, -0.15) is 0 Å². The van der Waals surface area contributed by atoms with Crippen molar-refractivity contribution >= 4 is 45.1 Å². The van der Waals surface area contributed by atoms with Crippen LogP contribution in [0.2, 0.25) is 0 Å². The number of hydrogen-bond acceptors (Lipinski definition) is 2. The van der Waals surface area contributed by atoms with Gasteiger partial charge in [-0.15, -0.1) is 0 Å². The first-order valence-corrected chi connectivity index (χ1v) is 6.81. The molecule has 1 heterocycles. The molecule has 6 heteroatoms. The summed E-state index contributed by atoms with van der Waals surface area (Å²) in [5.41, 5.74) is 7.27. The van der Waals surface area contributed by atoms with Crippen molar-refractivity contribution in [2.75, 3.05) is 0 Å². The molecule has 0 radical (unpaired) electrons. The normalized spacial score (nSPS) is 13.1. The molecule has 4 nitrogen and oxygen atoms in total. The van der Waals surface area contributed by atoms with Crippen molar-refractivity contribution in [3.63, 3.8) is 0 Å². The average molecular weight is 328 g/mol. The van der Waals surface area contributed by atoms with E-state index in [1.54, 1.807) is 4.57 Å². The Hall–Kier alpha value is -1.14. The quantitative estimate of drug-likeness (QED) is 0.850. The summed E-state index contributed by atoms with van der Waals surface area (Å²) in [6.45, 7) is 3.90. The number of nitrogens with two attached hydrogens (primary N) is 1. The molecule has 0 fully saturated rings. The van der Waals surface area contributed by atoms with Crippen LogP contribution in [0.4, 0.5) is 0 Å². The number of fused-ring (bicyclic) bond motifs is 1. The van der Waals surface area contributed by atoms with Gasteiger partial charge in [-0.1, -0.05) is 29.8 Å². The van der Waals surface area contributed by atoms with Gasteiger partial charge in [0.1, 0.15) is 6.04 Å². The Balaban J connectivity index is 2.76. The molecule has 96 valence electrons. The number of imidazole rings is 1. The minimum atomic E-state index is -0.444. The Labute approximate surface area is 118 Å². The standard InChI is InChI=1S/C12H14BrN3OS/c1-6(2)10(11(14)17)16-9-5-7(13)3-4-8(9)15-12(16)18/h3-6,10H,1-2H3,(H2,14,17)(H,15,18). The number of rotatable bonds is 3. The summed E-state index contributed by atoms with van der Waals surface area (Å²) in [7, 11) is 0. The minimum Gasteiger partial charge on any atom is -0.368 e. The predicted octanol–water partition coefficient (Wildman–Crippen LogP) is 3.14. The van der Waals surface area contributed by atoms with Crippen molar-refractivity contribution in [2.24, 2.45) is 11.7 Å². The lowest BCUT2D eigenvalue weighted by molar-refractivity contribution is -0.122. The van der Waals surface area contributed by atoms with Gasteiger partial charge in [0, 0.05) is 4.47 Å². The van der Waals surface area contributed by atoms with Gasteiger partial charge in [-0.05, 0) is 36.3 Å². The molecule has 18 heavy (non-hydrogen) atoms. The van der Waals surface area contributed by atoms with Gasteiger partial charge in [0.25, 0.3) is 0 Å². The van der Waals surface area contributed by atoms with Crippen molar-refractivity contribution in [1.29, 1.82) is 0 Å². The fourth-order valence-corrected chi connectivity index (χ4v) is 2.80. The molecular weight excluding hydrogens is 314 g/mol. The molecule has 1 aromatic heterocycles. The van der Waals surface area contributed by atoms with Gasteiger partial charge >= 0.3 is 0 Å². The molecular formula is C12H14BrN3OS. The number of nitrogens with zero attached hydrogens (tertiary/aromatic N) is 1. The second-order valence-electron chi connectivity index (χ2n) is 4.55. The van der Waals surface area contributed by atoms with E-state index in [9.17, 15) is 4.79 Å². The predicted molar refractivity (Wildman–Crippen MR) is 77.9 cm³/mol. The highest BCUT2D eigenvalue weighted by molar-refractivity contribution is 9.10. The third kappa shape index (κ3) is 2.22. The van der Waals surface area contributed by atoms with Crippen LogP contribution >= 0.6 is 28.1 Å². The molecule has 1 aromatic carbocycles. The highest BCUT2D eigenvalue weighted by Crippen LogP contribution is 2.26. The first-order valence-electron chi connectivity index (χ1n) is 5.61. The Morgan fingerprint density at radius 2 is 2.17 bits per heavy atom. The van der Waals surface area contributed by atoms with Crippen molar-refractivity contribution in [3.05, 3.63) is 27.4 Å². The van der Waals surface area contributed by atoms with E-state index in [0.29, 0.717) is 4.77 Å². The molecule has 1 amide bonds. The fourth-order valence-electron chi connectivity index (χ4n) is 2.12. The molecule has 0 aliphatic carbocycles. The Morgan fingerprint density at radius 3 is 2.72 bits per heavy atom. The Morgan fingerprint density at radius 1 is 1.50 bits per heavy atom. The lowest BCUT2D eigenvalue weighted by Crippen LogP contribution is -2.30. The first-order chi connectivity index (χ1) is 8.41. The molecule has 2 rings (SSSR count). The zero-order valence-corrected chi connectivity index (χ0v) is 12.5. The molecule has 0 saturated heterocycles. The van der Waals surface area contributed by atoms with Crippen molar-refractivity contribution < 1.29 is 4.79 Å². The molecule has 2 aromatic rings. The van der Waals surface area contributed by atoms with Crippen molar-refractivity contribution in [1.82, 2.24) is 9.55 Å². The van der Waals surface area contributed by atoms with Crippen LogP contribution in [-0.2, 0) is 4.79 Å². The number of aromatic nitrogens is 2. The zero-order valence-electron chi connectivity index (χ0n) is 10.1. The summed E-state index contributed by atoms with van der Waals surface area (Å²) >= 11 is 8.72. The Kier molecular flexibility index (Phi) is 3.59. The van der Waals surface area contributed by atoms with E-state index in [1.807, 2.05) is 32.0 Å². The zero-order chi connectivity index (χ0) is 13.4. The minimum absolute atomic E-state index is 0.0761. The van der Waals surface area contributed by atoms with Gasteiger partial charge in [0.05, 0.1) is 11.0 Å². The van der Waals surface area contributed by atoms with E-state index < -0.39 is 6.04 Å². The van der Waals surface area contributed by atoms with Crippen LogP contribution in [0.5, 0.6) is 0 Å². The summed E-state index contributed by atoms with van der Waals surface area (Å²) in [6, 6.07) is 5.33. The SMILES string of the molecule is CC(C)C(C(N)=O)n1c(=S)[nH]c2ccc(Br)cc21. The molecule has 0 aliphatic rings. The lowest BCUT2D eigenvalue weighted by Gasteiger charge is -2.19. The maximum Gasteiger partial charge on any atom is 0.240 e. The van der Waals surface area contributed by atoms with E-state index in [4.69, 9.17) is 18.0 Å². The molecule has 3 N–H and O–H groups in total. The summed E-state index contributed by atoms with van der Waals surface area (Å²) < 4.78 is 3.24. The number of H-pyrrole nitrogens is 1. The van der Waals surface area contributed by atoms with E-state index in [0.717, 1.165) is 15.5 Å². The van der Waals surface area contributed by atoms with Crippen LogP contribution in [0.15, 0.2) is 22.7 Å². The number of aromatic amines is 1. The summed E-state index contributed by atoms with van der Waals surface area (Å²) in [5.74, 6) is -0.297. The second-order valence-corrected chi connectivity index (χ2v) is 5.86. The van der Waals surface area contributed by atoms with Crippen LogP contribution in [0.25, 0.3) is 11.0 Å². The van der Waals surface area contributed by atoms with Crippen LogP contribution < -0.4 is 5.73 Å². The number of carbonyl (C=O) groups is 1. The highest BCUT2D eigenvalue weighted by Gasteiger charge is 2.24. The summed E-state index contributed by atoms with van der Waals surface area (Å²) in [5, 5.41) is 0. The van der Waals surface area contributed by atoms with Crippen LogP contribution in [-0.4, -0.2) is 15.5 Å². The monoisotopic (exact) mass is 327 g/mol. The van der Waals surface area contributed by atoms with E-state index in [2.05, 4.69) is 20.9 Å². The topological polar surface area (TPSA) is 63.8 Å². The summed E-state index contributed by atoms with van der Waals surface area (Å²) in [4.78, 5) is 14.7. The lowest BCUT2D eigenvalue weighted by atomic mass is 10.0. The first kappa shape index (κ1) is 13.3. The van der Waals surface area contributed by atoms with Crippen LogP contribution in [0.3, 0.4) is 0 Å². The van der Waals surface area contributed by atoms with E-state index >= 15 is 0 Å². The number of hydrogen-bond donors (Lipinski definition) is 2. The number of benzene rings is 1. The van der Waals surface area contributed by atoms with E-state index in [1.165, 1.54) is 0 Å². The molecule has 0 spiro atoms. The van der Waals surface area contributed by atoms with Crippen molar-refractivity contribution in [2.45, 2.75) is 19.9 Å². The molecule has 0 saturated carbocycles. The number of carbonyl (C=O) groups excluding carboxylic acids is 1. The largest absolute Gasteiger partial charge is 0.368 e. The van der Waals surface area contributed by atoms with E-state index in [-0.39, 0.29) is 11.8 Å². The number of halogens is 1. The average Bonchev–Trinajstić information content (AvgIpc) is 2.55. The van der Waals surface area contributed by atoms with Gasteiger partial charge in [0.15, 0.2) is 4.77 Å². The van der Waals surface area contributed by atoms with Crippen LogP contribution in [0, 0.1) is 10.7 Å². The van der Waals surface area contributed by atoms with Gasteiger partial charge < -0.3 is 15.3 Å². The second kappa shape index (κ2) is 4.85.